The summed E-state index contributed by atoms with van der Waals surface area (Å²) in [7, 11) is 1.62. The lowest BCUT2D eigenvalue weighted by Crippen LogP contribution is -2.38. The second-order valence-electron chi connectivity index (χ2n) is 3.96. The second-order valence-corrected chi connectivity index (χ2v) is 4.37. The number of alkyl carbamates (subject to hydrolysis) is 1. The number of nitrogens with one attached hydrogen (secondary N) is 1. The van der Waals surface area contributed by atoms with Gasteiger partial charge in [0.1, 0.15) is 6.54 Å². The van der Waals surface area contributed by atoms with Gasteiger partial charge in [-0.2, -0.15) is 0 Å². The van der Waals surface area contributed by atoms with Crippen LogP contribution < -0.4 is 10.2 Å². The number of halogens is 1. The van der Waals surface area contributed by atoms with Gasteiger partial charge in [0.25, 0.3) is 0 Å². The summed E-state index contributed by atoms with van der Waals surface area (Å²) in [6.45, 7) is 3.72. The van der Waals surface area contributed by atoms with Crippen molar-refractivity contribution in [2.45, 2.75) is 13.8 Å². The Hall–Kier alpha value is -1.75. The number of aryl methyl sites for hydroxylation is 1. The quantitative estimate of drug-likeness (QED) is 0.923. The Bertz CT molecular complexity index is 477. The molecule has 0 spiro atoms. The van der Waals surface area contributed by atoms with Gasteiger partial charge < -0.3 is 15.0 Å². The minimum Gasteiger partial charge on any atom is -0.450 e. The van der Waals surface area contributed by atoms with Crippen LogP contribution in [0.3, 0.4) is 0 Å². The van der Waals surface area contributed by atoms with Crippen molar-refractivity contribution in [1.29, 1.82) is 0 Å². The summed E-state index contributed by atoms with van der Waals surface area (Å²) in [4.78, 5) is 24.4. The number of hydrogen-bond acceptors (Lipinski definition) is 3. The minimum absolute atomic E-state index is 0.124. The lowest BCUT2D eigenvalue weighted by atomic mass is 10.2. The lowest BCUT2D eigenvalue weighted by molar-refractivity contribution is -0.117. The highest BCUT2D eigenvalue weighted by Crippen LogP contribution is 2.22. The minimum atomic E-state index is -0.605. The summed E-state index contributed by atoms with van der Waals surface area (Å²) >= 11 is 6.00. The molecule has 1 aromatic rings. The third-order valence-corrected chi connectivity index (χ3v) is 2.98. The number of amides is 2. The molecule has 0 heterocycles. The molecule has 0 aliphatic rings. The van der Waals surface area contributed by atoms with Crippen LogP contribution in [0, 0.1) is 6.92 Å². The molecule has 0 unspecified atom stereocenters. The second kappa shape index (κ2) is 6.99. The van der Waals surface area contributed by atoms with Gasteiger partial charge in [0.15, 0.2) is 0 Å². The number of carbonyl (C=O) groups excluding carboxylic acids is 2. The largest absolute Gasteiger partial charge is 0.450 e. The number of nitrogens with zero attached hydrogens (tertiary/aromatic N) is 1. The van der Waals surface area contributed by atoms with E-state index in [1.165, 1.54) is 4.90 Å². The number of benzene rings is 1. The van der Waals surface area contributed by atoms with E-state index in [-0.39, 0.29) is 19.1 Å². The van der Waals surface area contributed by atoms with Crippen molar-refractivity contribution in [3.8, 4) is 0 Å². The fourth-order valence-electron chi connectivity index (χ4n) is 1.38. The molecule has 0 fully saturated rings. The number of carbonyl (C=O) groups is 2. The zero-order valence-corrected chi connectivity index (χ0v) is 12.0. The monoisotopic (exact) mass is 284 g/mol. The highest BCUT2D eigenvalue weighted by molar-refractivity contribution is 6.31. The SMILES string of the molecule is CCOC(=O)NCC(=O)N(C)c1ccc(C)c(Cl)c1. The Morgan fingerprint density at radius 3 is 2.68 bits per heavy atom. The number of anilines is 1. The number of rotatable bonds is 4. The molecule has 1 rings (SSSR count). The van der Waals surface area contributed by atoms with Crippen LogP contribution in [-0.2, 0) is 9.53 Å². The van der Waals surface area contributed by atoms with E-state index >= 15 is 0 Å². The Labute approximate surface area is 117 Å². The Kier molecular flexibility index (Phi) is 5.63. The molecule has 0 radical (unpaired) electrons. The van der Waals surface area contributed by atoms with E-state index in [0.717, 1.165) is 5.56 Å². The van der Waals surface area contributed by atoms with E-state index in [2.05, 4.69) is 10.1 Å². The third-order valence-electron chi connectivity index (χ3n) is 2.58. The summed E-state index contributed by atoms with van der Waals surface area (Å²) in [6.07, 6.45) is -0.605. The van der Waals surface area contributed by atoms with E-state index < -0.39 is 6.09 Å². The van der Waals surface area contributed by atoms with Gasteiger partial charge in [0, 0.05) is 17.8 Å². The maximum atomic E-state index is 11.9. The summed E-state index contributed by atoms with van der Waals surface area (Å²) in [6, 6.07) is 5.34. The van der Waals surface area contributed by atoms with Crippen molar-refractivity contribution in [3.05, 3.63) is 28.8 Å². The van der Waals surface area contributed by atoms with Crippen LogP contribution in [-0.4, -0.2) is 32.2 Å². The molecule has 104 valence electrons. The molecule has 2 amide bonds. The molecule has 19 heavy (non-hydrogen) atoms. The zero-order valence-electron chi connectivity index (χ0n) is 11.2. The van der Waals surface area contributed by atoms with Gasteiger partial charge in [-0.15, -0.1) is 0 Å². The molecule has 1 N–H and O–H groups in total. The Morgan fingerprint density at radius 1 is 1.42 bits per heavy atom. The normalized spacial score (nSPS) is 9.89. The molecule has 6 heteroatoms. The fraction of sp³-hybridized carbons (Fsp3) is 0.385. The number of hydrogen-bond donors (Lipinski definition) is 1. The smallest absolute Gasteiger partial charge is 0.407 e. The number of ether oxygens (including phenoxy) is 1. The molecule has 1 aromatic carbocycles. The van der Waals surface area contributed by atoms with Gasteiger partial charge in [-0.3, -0.25) is 4.79 Å². The van der Waals surface area contributed by atoms with E-state index in [1.54, 1.807) is 26.1 Å². The van der Waals surface area contributed by atoms with Gasteiger partial charge in [-0.05, 0) is 31.5 Å². The first kappa shape index (κ1) is 15.3. The average Bonchev–Trinajstić information content (AvgIpc) is 2.38. The predicted octanol–water partition coefficient (Wildman–Crippen LogP) is 2.36. The van der Waals surface area contributed by atoms with Crippen molar-refractivity contribution in [2.24, 2.45) is 0 Å². The van der Waals surface area contributed by atoms with Gasteiger partial charge in [0.05, 0.1) is 6.61 Å². The van der Waals surface area contributed by atoms with Crippen LogP contribution in [0.25, 0.3) is 0 Å². The topological polar surface area (TPSA) is 58.6 Å². The molecular formula is C13H17ClN2O3. The first-order chi connectivity index (χ1) is 8.95. The van der Waals surface area contributed by atoms with Gasteiger partial charge in [0.2, 0.25) is 5.91 Å². The summed E-state index contributed by atoms with van der Waals surface area (Å²) in [5.74, 6) is -0.257. The summed E-state index contributed by atoms with van der Waals surface area (Å²) in [5, 5.41) is 2.97. The van der Waals surface area contributed by atoms with E-state index in [9.17, 15) is 9.59 Å². The van der Waals surface area contributed by atoms with Crippen molar-refractivity contribution in [3.63, 3.8) is 0 Å². The molecule has 0 bridgehead atoms. The van der Waals surface area contributed by atoms with Crippen molar-refractivity contribution >= 4 is 29.3 Å². The van der Waals surface area contributed by atoms with Crippen LogP contribution in [0.2, 0.25) is 5.02 Å². The molecule has 0 atom stereocenters. The van der Waals surface area contributed by atoms with Gasteiger partial charge in [-0.25, -0.2) is 4.79 Å². The Morgan fingerprint density at radius 2 is 2.11 bits per heavy atom. The molecule has 0 aromatic heterocycles. The molecule has 0 aliphatic carbocycles. The van der Waals surface area contributed by atoms with Gasteiger partial charge >= 0.3 is 6.09 Å². The first-order valence-electron chi connectivity index (χ1n) is 5.89. The maximum Gasteiger partial charge on any atom is 0.407 e. The Balaban J connectivity index is 2.61. The van der Waals surface area contributed by atoms with Crippen molar-refractivity contribution < 1.29 is 14.3 Å². The van der Waals surface area contributed by atoms with Crippen molar-refractivity contribution in [1.82, 2.24) is 5.32 Å². The van der Waals surface area contributed by atoms with E-state index in [4.69, 9.17) is 11.6 Å². The third kappa shape index (κ3) is 4.44. The van der Waals surface area contributed by atoms with Crippen molar-refractivity contribution in [2.75, 3.05) is 25.1 Å². The van der Waals surface area contributed by atoms with Crippen LogP contribution in [0.4, 0.5) is 10.5 Å². The number of likely N-dealkylation sites (N-methyl/N-ethyl adjacent to an activating group) is 1. The maximum absolute atomic E-state index is 11.9. The zero-order chi connectivity index (χ0) is 14.4. The molecular weight excluding hydrogens is 268 g/mol. The fourth-order valence-corrected chi connectivity index (χ4v) is 1.56. The molecule has 0 saturated heterocycles. The van der Waals surface area contributed by atoms with E-state index in [0.29, 0.717) is 10.7 Å². The van der Waals surface area contributed by atoms with Crippen LogP contribution in [0.5, 0.6) is 0 Å². The summed E-state index contributed by atoms with van der Waals surface area (Å²) < 4.78 is 4.67. The lowest BCUT2D eigenvalue weighted by Gasteiger charge is -2.18. The highest BCUT2D eigenvalue weighted by Gasteiger charge is 2.13. The summed E-state index contributed by atoms with van der Waals surface area (Å²) in [5.41, 5.74) is 1.61. The van der Waals surface area contributed by atoms with Crippen LogP contribution >= 0.6 is 11.6 Å². The van der Waals surface area contributed by atoms with E-state index in [1.807, 2.05) is 13.0 Å². The average molecular weight is 285 g/mol. The van der Waals surface area contributed by atoms with Crippen LogP contribution in [0.15, 0.2) is 18.2 Å². The molecule has 0 saturated carbocycles. The van der Waals surface area contributed by atoms with Gasteiger partial charge in [-0.1, -0.05) is 17.7 Å². The molecule has 5 nitrogen and oxygen atoms in total. The van der Waals surface area contributed by atoms with Crippen LogP contribution in [0.1, 0.15) is 12.5 Å². The highest BCUT2D eigenvalue weighted by atomic mass is 35.5. The first-order valence-corrected chi connectivity index (χ1v) is 6.26. The molecule has 0 aliphatic heterocycles. The predicted molar refractivity (Wildman–Crippen MR) is 74.6 cm³/mol. The standard InChI is InChI=1S/C13H17ClN2O3/c1-4-19-13(18)15-8-12(17)16(3)10-6-5-9(2)11(14)7-10/h5-7H,4,8H2,1-3H3,(H,15,18).